The van der Waals surface area contributed by atoms with Gasteiger partial charge in [-0.25, -0.2) is 0 Å². The van der Waals surface area contributed by atoms with Crippen molar-refractivity contribution in [3.8, 4) is 0 Å². The van der Waals surface area contributed by atoms with Gasteiger partial charge in [-0.15, -0.1) is 0 Å². The van der Waals surface area contributed by atoms with Gasteiger partial charge in [-0.1, -0.05) is 13.0 Å². The lowest BCUT2D eigenvalue weighted by molar-refractivity contribution is -0.117. The van der Waals surface area contributed by atoms with Crippen molar-refractivity contribution in [1.29, 1.82) is 0 Å². The number of thioether (sulfide) groups is 1. The zero-order valence-electron chi connectivity index (χ0n) is 12.8. The Labute approximate surface area is 126 Å². The van der Waals surface area contributed by atoms with E-state index in [0.29, 0.717) is 24.0 Å². The highest BCUT2D eigenvalue weighted by Crippen LogP contribution is 2.19. The lowest BCUT2D eigenvalue weighted by Crippen LogP contribution is -2.39. The second kappa shape index (κ2) is 8.17. The van der Waals surface area contributed by atoms with E-state index in [9.17, 15) is 4.79 Å². The molecule has 0 bridgehead atoms. The fraction of sp³-hybridized carbons (Fsp3) is 0.533. The summed E-state index contributed by atoms with van der Waals surface area (Å²) in [5.41, 5.74) is 8.28. The number of likely N-dealkylation sites (N-methyl/N-ethyl adjacent to an activating group) is 1. The van der Waals surface area contributed by atoms with Gasteiger partial charge < -0.3 is 11.1 Å². The molecule has 5 heteroatoms. The van der Waals surface area contributed by atoms with Crippen LogP contribution in [0, 0.1) is 6.92 Å². The van der Waals surface area contributed by atoms with E-state index < -0.39 is 0 Å². The van der Waals surface area contributed by atoms with Gasteiger partial charge in [0, 0.05) is 11.8 Å². The number of anilines is 2. The molecule has 20 heavy (non-hydrogen) atoms. The molecule has 0 aliphatic heterocycles. The minimum absolute atomic E-state index is 0.0254. The van der Waals surface area contributed by atoms with Gasteiger partial charge in [0.1, 0.15) is 0 Å². The molecule has 0 fully saturated rings. The van der Waals surface area contributed by atoms with Crippen molar-refractivity contribution in [2.24, 2.45) is 0 Å². The SMILES string of the molecule is CCC(CSC)N(C)CC(=O)Nc1ccc(C)cc1N. The summed E-state index contributed by atoms with van der Waals surface area (Å²) in [6.45, 7) is 4.50. The molecular formula is C15H25N3OS. The number of aryl methyl sites for hydroxylation is 1. The zero-order valence-corrected chi connectivity index (χ0v) is 13.6. The largest absolute Gasteiger partial charge is 0.397 e. The van der Waals surface area contributed by atoms with Gasteiger partial charge in [0.05, 0.1) is 17.9 Å². The van der Waals surface area contributed by atoms with Crippen molar-refractivity contribution in [2.45, 2.75) is 26.3 Å². The van der Waals surface area contributed by atoms with Crippen LogP contribution in [0.4, 0.5) is 11.4 Å². The van der Waals surface area contributed by atoms with Gasteiger partial charge in [-0.2, -0.15) is 11.8 Å². The molecule has 1 unspecified atom stereocenters. The first-order valence-corrected chi connectivity index (χ1v) is 8.22. The van der Waals surface area contributed by atoms with Gasteiger partial charge in [0.25, 0.3) is 0 Å². The number of hydrogen-bond acceptors (Lipinski definition) is 4. The summed E-state index contributed by atoms with van der Waals surface area (Å²) in [7, 11) is 1.99. The Morgan fingerprint density at radius 3 is 2.75 bits per heavy atom. The van der Waals surface area contributed by atoms with Crippen LogP contribution < -0.4 is 11.1 Å². The maximum absolute atomic E-state index is 12.1. The Kier molecular flexibility index (Phi) is 6.88. The summed E-state index contributed by atoms with van der Waals surface area (Å²) in [6, 6.07) is 6.08. The molecule has 0 spiro atoms. The minimum Gasteiger partial charge on any atom is -0.397 e. The van der Waals surface area contributed by atoms with Crippen LogP contribution in [0.3, 0.4) is 0 Å². The van der Waals surface area contributed by atoms with Crippen LogP contribution >= 0.6 is 11.8 Å². The number of hydrogen-bond donors (Lipinski definition) is 2. The molecule has 1 rings (SSSR count). The molecule has 0 aromatic heterocycles. The first-order valence-electron chi connectivity index (χ1n) is 6.83. The van der Waals surface area contributed by atoms with Crippen LogP contribution in [0.2, 0.25) is 0 Å². The number of nitrogen functional groups attached to an aromatic ring is 1. The van der Waals surface area contributed by atoms with E-state index in [0.717, 1.165) is 17.7 Å². The first-order chi connectivity index (χ1) is 9.47. The maximum atomic E-state index is 12.1. The predicted octanol–water partition coefficient (Wildman–Crippen LogP) is 2.59. The van der Waals surface area contributed by atoms with Gasteiger partial charge in [-0.3, -0.25) is 9.69 Å². The predicted molar refractivity (Wildman–Crippen MR) is 89.3 cm³/mol. The van der Waals surface area contributed by atoms with E-state index in [4.69, 9.17) is 5.73 Å². The van der Waals surface area contributed by atoms with Crippen LogP contribution in [-0.2, 0) is 4.79 Å². The average Bonchev–Trinajstić information content (AvgIpc) is 2.39. The van der Waals surface area contributed by atoms with Crippen LogP contribution in [0.25, 0.3) is 0 Å². The van der Waals surface area contributed by atoms with Crippen molar-refractivity contribution in [2.75, 3.05) is 36.7 Å². The Morgan fingerprint density at radius 1 is 1.50 bits per heavy atom. The fourth-order valence-electron chi connectivity index (χ4n) is 2.09. The molecule has 0 aliphatic rings. The lowest BCUT2D eigenvalue weighted by atomic mass is 10.2. The summed E-state index contributed by atoms with van der Waals surface area (Å²) in [6.07, 6.45) is 3.13. The quantitative estimate of drug-likeness (QED) is 0.759. The number of nitrogens with two attached hydrogens (primary N) is 1. The molecular weight excluding hydrogens is 270 g/mol. The normalized spacial score (nSPS) is 12.4. The van der Waals surface area contributed by atoms with E-state index in [1.165, 1.54) is 0 Å². The molecule has 4 nitrogen and oxygen atoms in total. The fourth-order valence-corrected chi connectivity index (χ4v) is 2.97. The van der Waals surface area contributed by atoms with Gasteiger partial charge in [-0.05, 0) is 44.3 Å². The molecule has 0 saturated heterocycles. The number of nitrogens with zero attached hydrogens (tertiary/aromatic N) is 1. The highest BCUT2D eigenvalue weighted by atomic mass is 32.2. The molecule has 0 saturated carbocycles. The second-order valence-electron chi connectivity index (χ2n) is 5.07. The second-order valence-corrected chi connectivity index (χ2v) is 5.98. The maximum Gasteiger partial charge on any atom is 0.238 e. The zero-order chi connectivity index (χ0) is 15.1. The molecule has 0 aliphatic carbocycles. The lowest BCUT2D eigenvalue weighted by Gasteiger charge is -2.26. The average molecular weight is 295 g/mol. The summed E-state index contributed by atoms with van der Waals surface area (Å²) in [5.74, 6) is 1.01. The molecule has 1 aromatic rings. The Balaban J connectivity index is 2.58. The van der Waals surface area contributed by atoms with Crippen molar-refractivity contribution in [1.82, 2.24) is 4.90 Å². The van der Waals surface area contributed by atoms with E-state index >= 15 is 0 Å². The molecule has 1 atom stereocenters. The van der Waals surface area contributed by atoms with Gasteiger partial charge in [0.15, 0.2) is 0 Å². The van der Waals surface area contributed by atoms with Crippen molar-refractivity contribution in [3.05, 3.63) is 23.8 Å². The van der Waals surface area contributed by atoms with Crippen LogP contribution in [0.1, 0.15) is 18.9 Å². The third-order valence-electron chi connectivity index (χ3n) is 3.33. The van der Waals surface area contributed by atoms with Crippen LogP contribution in [-0.4, -0.2) is 42.4 Å². The topological polar surface area (TPSA) is 58.4 Å². The Morgan fingerprint density at radius 2 is 2.20 bits per heavy atom. The highest BCUT2D eigenvalue weighted by Gasteiger charge is 2.15. The number of nitrogens with one attached hydrogen (secondary N) is 1. The van der Waals surface area contributed by atoms with Crippen molar-refractivity contribution >= 4 is 29.0 Å². The summed E-state index contributed by atoms with van der Waals surface area (Å²) in [4.78, 5) is 14.2. The Hall–Kier alpha value is -1.20. The molecule has 1 amide bonds. The molecule has 112 valence electrons. The summed E-state index contributed by atoms with van der Waals surface area (Å²) < 4.78 is 0. The third kappa shape index (κ3) is 5.06. The smallest absolute Gasteiger partial charge is 0.238 e. The first kappa shape index (κ1) is 16.9. The van der Waals surface area contributed by atoms with E-state index in [-0.39, 0.29) is 5.91 Å². The van der Waals surface area contributed by atoms with Crippen LogP contribution in [0.5, 0.6) is 0 Å². The van der Waals surface area contributed by atoms with Crippen LogP contribution in [0.15, 0.2) is 18.2 Å². The van der Waals surface area contributed by atoms with E-state index in [2.05, 4.69) is 23.4 Å². The molecule has 1 aromatic carbocycles. The number of rotatable bonds is 7. The summed E-state index contributed by atoms with van der Waals surface area (Å²) >= 11 is 1.80. The Bertz CT molecular complexity index is 451. The minimum atomic E-state index is -0.0254. The number of carbonyl (C=O) groups is 1. The summed E-state index contributed by atoms with van der Waals surface area (Å²) in [5, 5.41) is 2.88. The van der Waals surface area contributed by atoms with Crippen molar-refractivity contribution in [3.63, 3.8) is 0 Å². The number of benzene rings is 1. The van der Waals surface area contributed by atoms with Gasteiger partial charge >= 0.3 is 0 Å². The van der Waals surface area contributed by atoms with E-state index in [1.807, 2.05) is 32.2 Å². The van der Waals surface area contributed by atoms with Crippen molar-refractivity contribution < 1.29 is 4.79 Å². The standard InChI is InChI=1S/C15H25N3OS/c1-5-12(10-20-4)18(3)9-15(19)17-14-7-6-11(2)8-13(14)16/h6-8,12H,5,9-10,16H2,1-4H3,(H,17,19). The monoisotopic (exact) mass is 295 g/mol. The molecule has 3 N–H and O–H groups in total. The highest BCUT2D eigenvalue weighted by molar-refractivity contribution is 7.98. The number of amides is 1. The third-order valence-corrected chi connectivity index (χ3v) is 4.05. The molecule has 0 heterocycles. The van der Waals surface area contributed by atoms with E-state index in [1.54, 1.807) is 11.8 Å². The van der Waals surface area contributed by atoms with Gasteiger partial charge in [0.2, 0.25) is 5.91 Å². The molecule has 0 radical (unpaired) electrons. The number of carbonyl (C=O) groups excluding carboxylic acids is 1.